The third kappa shape index (κ3) is 6.30. The topological polar surface area (TPSA) is 137 Å². The molecule has 2 N–H and O–H groups in total. The summed E-state index contributed by atoms with van der Waals surface area (Å²) in [6.07, 6.45) is 3.25. The second kappa shape index (κ2) is 12.7. The fourth-order valence-corrected chi connectivity index (χ4v) is 5.55. The van der Waals surface area contributed by atoms with Gasteiger partial charge in [-0.05, 0) is 55.8 Å². The molecule has 12 heteroatoms. The van der Waals surface area contributed by atoms with Gasteiger partial charge in [-0.1, -0.05) is 12.1 Å². The van der Waals surface area contributed by atoms with E-state index in [-0.39, 0.29) is 37.4 Å². The van der Waals surface area contributed by atoms with Crippen LogP contribution in [0.15, 0.2) is 67.0 Å². The Kier molecular flexibility index (Phi) is 8.37. The zero-order valence-electron chi connectivity index (χ0n) is 25.3. The highest BCUT2D eigenvalue weighted by Crippen LogP contribution is 2.29. The van der Waals surface area contributed by atoms with Crippen LogP contribution in [-0.4, -0.2) is 76.3 Å². The van der Waals surface area contributed by atoms with Crippen LogP contribution >= 0.6 is 0 Å². The number of carbonyl (C=O) groups is 3. The van der Waals surface area contributed by atoms with Gasteiger partial charge in [0.2, 0.25) is 0 Å². The van der Waals surface area contributed by atoms with Crippen molar-refractivity contribution >= 4 is 17.7 Å². The summed E-state index contributed by atoms with van der Waals surface area (Å²) in [6, 6.07) is 15.4. The van der Waals surface area contributed by atoms with Gasteiger partial charge in [-0.2, -0.15) is 5.10 Å². The molecule has 232 valence electrons. The molecule has 4 bridgehead atoms. The zero-order chi connectivity index (χ0) is 31.5. The Morgan fingerprint density at radius 2 is 1.96 bits per heavy atom. The number of likely N-dealkylation sites (tertiary alicyclic amines) is 1. The van der Waals surface area contributed by atoms with Gasteiger partial charge in [-0.25, -0.2) is 9.67 Å². The fraction of sp³-hybridized carbons (Fsp3) is 0.303. The van der Waals surface area contributed by atoms with Gasteiger partial charge in [0.1, 0.15) is 23.4 Å². The van der Waals surface area contributed by atoms with Crippen LogP contribution in [0.2, 0.25) is 0 Å². The van der Waals surface area contributed by atoms with Gasteiger partial charge in [-0.15, -0.1) is 0 Å². The number of hydrogen-bond acceptors (Lipinski definition) is 8. The number of rotatable bonds is 3. The van der Waals surface area contributed by atoms with E-state index >= 15 is 0 Å². The smallest absolute Gasteiger partial charge is 0.258 e. The van der Waals surface area contributed by atoms with Crippen molar-refractivity contribution in [3.63, 3.8) is 0 Å². The van der Waals surface area contributed by atoms with Crippen molar-refractivity contribution in [1.82, 2.24) is 30.3 Å². The van der Waals surface area contributed by atoms with E-state index in [2.05, 4.69) is 20.7 Å². The molecule has 12 nitrogen and oxygen atoms in total. The fourth-order valence-electron chi connectivity index (χ4n) is 5.55. The number of nitrogens with zero attached hydrogens (tertiary/aromatic N) is 4. The van der Waals surface area contributed by atoms with Crippen LogP contribution < -0.4 is 24.8 Å². The summed E-state index contributed by atoms with van der Waals surface area (Å²) in [4.78, 5) is 46.0. The quantitative estimate of drug-likeness (QED) is 0.361. The number of aromatic nitrogens is 3. The van der Waals surface area contributed by atoms with Crippen LogP contribution in [0.25, 0.3) is 5.82 Å². The molecule has 3 aliphatic rings. The second-order valence-electron chi connectivity index (χ2n) is 11.0. The summed E-state index contributed by atoms with van der Waals surface area (Å²) in [5.74, 6) is 1.28. The minimum atomic E-state index is -0.545. The minimum absolute atomic E-state index is 0.194. The molecule has 5 heterocycles. The highest BCUT2D eigenvalue weighted by atomic mass is 16.5. The first-order valence-corrected chi connectivity index (χ1v) is 14.7. The SMILES string of the molecule is COc1cc2ccc1CNC(=O)COc1cc(ccc1C)C(=O)N[C@H]1CN(C(=O)c3cnn(-c4ccccn4)c3C)CC[C@H]1O2. The first-order chi connectivity index (χ1) is 21.8. The third-order valence-corrected chi connectivity index (χ3v) is 8.09. The Hall–Kier alpha value is -5.39. The number of carbonyl (C=O) groups excluding carboxylic acids is 3. The Bertz CT molecular complexity index is 1740. The largest absolute Gasteiger partial charge is 0.496 e. The van der Waals surface area contributed by atoms with Crippen LogP contribution in [0.1, 0.15) is 44.0 Å². The minimum Gasteiger partial charge on any atom is -0.496 e. The molecule has 3 amide bonds. The predicted octanol–water partition coefficient (Wildman–Crippen LogP) is 2.99. The van der Waals surface area contributed by atoms with Crippen molar-refractivity contribution in [3.8, 4) is 23.1 Å². The van der Waals surface area contributed by atoms with Crippen LogP contribution in [-0.2, 0) is 11.3 Å². The summed E-state index contributed by atoms with van der Waals surface area (Å²) in [5.41, 5.74) is 3.04. The maximum absolute atomic E-state index is 13.8. The molecule has 0 radical (unpaired) electrons. The van der Waals surface area contributed by atoms with E-state index < -0.39 is 12.1 Å². The first-order valence-electron chi connectivity index (χ1n) is 14.7. The molecular formula is C33H34N6O6. The summed E-state index contributed by atoms with van der Waals surface area (Å²) in [7, 11) is 1.55. The standard InChI is InChI=1S/C33H34N6O6/c1-20-7-8-22-14-28(20)44-19-31(40)35-16-23-9-10-24(15-29(23)43-3)45-27-11-13-38(18-26(27)37-32(22)41)33(42)25-17-36-39(21(25)2)30-6-4-5-12-34-30/h4-10,12,14-15,17,26-27H,11,13,16,18-19H2,1-3H3,(H,35,40)(H,37,41)/t26-,27+/m0/s1. The number of aryl methyl sites for hydroxylation is 1. The Morgan fingerprint density at radius 3 is 2.76 bits per heavy atom. The van der Waals surface area contributed by atoms with Gasteiger partial charge in [0.05, 0.1) is 30.6 Å². The molecule has 2 aromatic heterocycles. The van der Waals surface area contributed by atoms with Gasteiger partial charge in [-0.3, -0.25) is 14.4 Å². The molecule has 0 spiro atoms. The van der Waals surface area contributed by atoms with Crippen molar-refractivity contribution in [1.29, 1.82) is 0 Å². The molecular weight excluding hydrogens is 576 g/mol. The number of benzene rings is 2. The molecule has 4 aromatic rings. The van der Waals surface area contributed by atoms with Gasteiger partial charge >= 0.3 is 0 Å². The molecule has 2 atom stereocenters. The average molecular weight is 611 g/mol. The number of fused-ring (bicyclic) bond motifs is 7. The third-order valence-electron chi connectivity index (χ3n) is 8.09. The normalized spacial score (nSPS) is 18.5. The number of methoxy groups -OCH3 is 1. The van der Waals surface area contributed by atoms with E-state index in [1.54, 1.807) is 59.4 Å². The van der Waals surface area contributed by atoms with Gasteiger partial charge in [0.15, 0.2) is 12.4 Å². The van der Waals surface area contributed by atoms with Crippen molar-refractivity contribution in [2.45, 2.75) is 39.0 Å². The highest BCUT2D eigenvalue weighted by Gasteiger charge is 2.36. The van der Waals surface area contributed by atoms with Crippen LogP contribution in [0.5, 0.6) is 17.2 Å². The van der Waals surface area contributed by atoms with Crippen molar-refractivity contribution in [2.75, 3.05) is 26.8 Å². The molecule has 1 fully saturated rings. The lowest BCUT2D eigenvalue weighted by Crippen LogP contribution is -2.58. The molecule has 0 saturated carbocycles. The summed E-state index contributed by atoms with van der Waals surface area (Å²) >= 11 is 0. The van der Waals surface area contributed by atoms with E-state index in [1.807, 2.05) is 38.1 Å². The number of pyridine rings is 1. The number of nitrogens with one attached hydrogen (secondary N) is 2. The Balaban J connectivity index is 1.30. The van der Waals surface area contributed by atoms with Crippen LogP contribution in [0, 0.1) is 13.8 Å². The van der Waals surface area contributed by atoms with E-state index in [0.717, 1.165) is 11.1 Å². The molecule has 1 saturated heterocycles. The number of piperidine rings is 1. The lowest BCUT2D eigenvalue weighted by atomic mass is 9.99. The van der Waals surface area contributed by atoms with Gasteiger partial charge < -0.3 is 29.7 Å². The number of amides is 3. The molecule has 0 aliphatic carbocycles. The van der Waals surface area contributed by atoms with Crippen molar-refractivity contribution in [3.05, 3.63) is 94.9 Å². The van der Waals surface area contributed by atoms with E-state index in [4.69, 9.17) is 14.2 Å². The van der Waals surface area contributed by atoms with Crippen molar-refractivity contribution in [2.24, 2.45) is 0 Å². The Labute approximate surface area is 260 Å². The summed E-state index contributed by atoms with van der Waals surface area (Å²) < 4.78 is 19.4. The maximum Gasteiger partial charge on any atom is 0.258 e. The number of ether oxygens (including phenoxy) is 3. The second-order valence-corrected chi connectivity index (χ2v) is 11.0. The number of hydrogen-bond donors (Lipinski definition) is 2. The van der Waals surface area contributed by atoms with Crippen LogP contribution in [0.4, 0.5) is 0 Å². The molecule has 7 rings (SSSR count). The summed E-state index contributed by atoms with van der Waals surface area (Å²) in [5, 5.41) is 10.4. The molecule has 2 aromatic carbocycles. The van der Waals surface area contributed by atoms with Gasteiger partial charge in [0, 0.05) is 49.4 Å². The summed E-state index contributed by atoms with van der Waals surface area (Å²) in [6.45, 7) is 4.33. The van der Waals surface area contributed by atoms with E-state index in [1.165, 1.54) is 0 Å². The predicted molar refractivity (Wildman–Crippen MR) is 164 cm³/mol. The maximum atomic E-state index is 13.8. The van der Waals surface area contributed by atoms with Crippen LogP contribution in [0.3, 0.4) is 0 Å². The molecule has 3 aliphatic heterocycles. The Morgan fingerprint density at radius 1 is 1.09 bits per heavy atom. The van der Waals surface area contributed by atoms with Crippen molar-refractivity contribution < 1.29 is 28.6 Å². The first kappa shape index (κ1) is 29.7. The van der Waals surface area contributed by atoms with Gasteiger partial charge in [0.25, 0.3) is 17.7 Å². The lowest BCUT2D eigenvalue weighted by Gasteiger charge is -2.39. The molecule has 45 heavy (non-hydrogen) atoms. The van der Waals surface area contributed by atoms with E-state index in [9.17, 15) is 14.4 Å². The highest BCUT2D eigenvalue weighted by molar-refractivity contribution is 5.96. The average Bonchev–Trinajstić information content (AvgIpc) is 3.44. The monoisotopic (exact) mass is 610 g/mol. The zero-order valence-corrected chi connectivity index (χ0v) is 25.3. The van der Waals surface area contributed by atoms with E-state index in [0.29, 0.717) is 52.9 Å². The lowest BCUT2D eigenvalue weighted by molar-refractivity contribution is -0.123. The molecule has 0 unspecified atom stereocenters.